The van der Waals surface area contributed by atoms with Crippen molar-refractivity contribution in [1.82, 2.24) is 20.6 Å². The predicted octanol–water partition coefficient (Wildman–Crippen LogP) is 3.28. The minimum atomic E-state index is 0.188. The lowest BCUT2D eigenvalue weighted by Crippen LogP contribution is -2.33. The van der Waals surface area contributed by atoms with Crippen LogP contribution in [0, 0.1) is 11.8 Å². The minimum Gasteiger partial charge on any atom is -0.356 e. The minimum absolute atomic E-state index is 0.188. The van der Waals surface area contributed by atoms with E-state index in [2.05, 4.69) is 32.9 Å². The van der Waals surface area contributed by atoms with Gasteiger partial charge in [-0.2, -0.15) is 0 Å². The van der Waals surface area contributed by atoms with Gasteiger partial charge in [0, 0.05) is 42.7 Å². The van der Waals surface area contributed by atoms with Crippen LogP contribution in [0.5, 0.6) is 0 Å². The Balaban J connectivity index is 1.35. The van der Waals surface area contributed by atoms with Crippen LogP contribution in [-0.2, 0) is 11.2 Å². The number of aromatic nitrogens is 2. The van der Waals surface area contributed by atoms with E-state index in [1.807, 2.05) is 12.1 Å². The van der Waals surface area contributed by atoms with E-state index >= 15 is 0 Å². The highest BCUT2D eigenvalue weighted by Crippen LogP contribution is 2.24. The van der Waals surface area contributed by atoms with Crippen molar-refractivity contribution in [3.8, 4) is 11.3 Å². The van der Waals surface area contributed by atoms with E-state index in [1.54, 1.807) is 23.7 Å². The molecule has 3 rings (SSSR count). The zero-order valence-electron chi connectivity index (χ0n) is 15.4. The fourth-order valence-corrected chi connectivity index (χ4v) is 4.34. The molecule has 3 heterocycles. The van der Waals surface area contributed by atoms with E-state index in [0.717, 1.165) is 48.7 Å². The Morgan fingerprint density at radius 1 is 1.35 bits per heavy atom. The van der Waals surface area contributed by atoms with Gasteiger partial charge in [-0.15, -0.1) is 11.3 Å². The molecule has 0 saturated carbocycles. The first kappa shape index (κ1) is 19.0. The van der Waals surface area contributed by atoms with Gasteiger partial charge in [-0.05, 0) is 56.3 Å². The van der Waals surface area contributed by atoms with Crippen LogP contribution in [0.3, 0.4) is 0 Å². The summed E-state index contributed by atoms with van der Waals surface area (Å²) >= 11 is 1.68. The second-order valence-electron chi connectivity index (χ2n) is 7.08. The number of carbonyl (C=O) groups is 1. The van der Waals surface area contributed by atoms with Crippen molar-refractivity contribution in [2.75, 3.05) is 19.6 Å². The molecule has 1 aliphatic heterocycles. The molecule has 0 spiro atoms. The smallest absolute Gasteiger partial charge is 0.220 e. The Kier molecular flexibility index (Phi) is 7.14. The van der Waals surface area contributed by atoms with Crippen molar-refractivity contribution in [3.05, 3.63) is 34.9 Å². The highest BCUT2D eigenvalue weighted by Gasteiger charge is 2.21. The fourth-order valence-electron chi connectivity index (χ4n) is 3.49. The van der Waals surface area contributed by atoms with Crippen LogP contribution in [-0.4, -0.2) is 35.5 Å². The highest BCUT2D eigenvalue weighted by molar-refractivity contribution is 7.09. The lowest BCUT2D eigenvalue weighted by Gasteiger charge is -2.27. The molecule has 1 atom stereocenters. The predicted molar refractivity (Wildman–Crippen MR) is 106 cm³/mol. The van der Waals surface area contributed by atoms with Crippen molar-refractivity contribution >= 4 is 17.2 Å². The summed E-state index contributed by atoms with van der Waals surface area (Å²) in [4.78, 5) is 20.9. The molecule has 0 aliphatic carbocycles. The molecule has 1 aliphatic rings. The highest BCUT2D eigenvalue weighted by atomic mass is 32.1. The standard InChI is InChI=1S/C20H28N4OS/c1-15(16-4-9-21-10-5-16)13-19(25)23-8-2-3-20-24-18(14-26-20)17-6-11-22-12-7-17/h6-7,11-12,14-16,21H,2-5,8-10,13H2,1H3,(H,23,25). The third kappa shape index (κ3) is 5.61. The maximum Gasteiger partial charge on any atom is 0.220 e. The molecule has 1 amide bonds. The van der Waals surface area contributed by atoms with E-state index in [4.69, 9.17) is 0 Å². The molecule has 1 fully saturated rings. The number of nitrogens with one attached hydrogen (secondary N) is 2. The maximum atomic E-state index is 12.2. The summed E-state index contributed by atoms with van der Waals surface area (Å²) in [5.74, 6) is 1.34. The van der Waals surface area contributed by atoms with Gasteiger partial charge >= 0.3 is 0 Å². The summed E-state index contributed by atoms with van der Waals surface area (Å²) in [7, 11) is 0. The van der Waals surface area contributed by atoms with E-state index in [1.165, 1.54) is 12.8 Å². The van der Waals surface area contributed by atoms with Gasteiger partial charge in [0.25, 0.3) is 0 Å². The van der Waals surface area contributed by atoms with Crippen LogP contribution in [0.2, 0.25) is 0 Å². The Labute approximate surface area is 159 Å². The number of rotatable bonds is 8. The summed E-state index contributed by atoms with van der Waals surface area (Å²) in [6, 6.07) is 3.95. The fraction of sp³-hybridized carbons (Fsp3) is 0.550. The SMILES string of the molecule is CC(CC(=O)NCCCc1nc(-c2ccncc2)cs1)C1CCNCC1. The number of amides is 1. The van der Waals surface area contributed by atoms with Gasteiger partial charge in [0.2, 0.25) is 5.91 Å². The first-order valence-electron chi connectivity index (χ1n) is 9.54. The van der Waals surface area contributed by atoms with E-state index in [9.17, 15) is 4.79 Å². The van der Waals surface area contributed by atoms with Crippen molar-refractivity contribution in [1.29, 1.82) is 0 Å². The molecular weight excluding hydrogens is 344 g/mol. The number of hydrogen-bond acceptors (Lipinski definition) is 5. The molecule has 140 valence electrons. The van der Waals surface area contributed by atoms with Crippen LogP contribution in [0.15, 0.2) is 29.9 Å². The van der Waals surface area contributed by atoms with Crippen molar-refractivity contribution < 1.29 is 4.79 Å². The average molecular weight is 373 g/mol. The molecular formula is C20H28N4OS. The average Bonchev–Trinajstić information content (AvgIpc) is 3.15. The monoisotopic (exact) mass is 372 g/mol. The third-order valence-corrected chi connectivity index (χ3v) is 6.02. The van der Waals surface area contributed by atoms with Crippen LogP contribution in [0.4, 0.5) is 0 Å². The van der Waals surface area contributed by atoms with Crippen molar-refractivity contribution in [3.63, 3.8) is 0 Å². The number of aryl methyl sites for hydroxylation is 1. The van der Waals surface area contributed by atoms with Crippen LogP contribution in [0.1, 0.15) is 37.6 Å². The molecule has 5 nitrogen and oxygen atoms in total. The lowest BCUT2D eigenvalue weighted by atomic mass is 9.84. The Morgan fingerprint density at radius 3 is 2.88 bits per heavy atom. The van der Waals surface area contributed by atoms with Gasteiger partial charge in [0.15, 0.2) is 0 Å². The summed E-state index contributed by atoms with van der Waals surface area (Å²) in [6.07, 6.45) is 8.44. The van der Waals surface area contributed by atoms with Gasteiger partial charge in [-0.3, -0.25) is 9.78 Å². The molecule has 1 unspecified atom stereocenters. The van der Waals surface area contributed by atoms with Crippen molar-refractivity contribution in [2.24, 2.45) is 11.8 Å². The number of nitrogens with zero attached hydrogens (tertiary/aromatic N) is 2. The third-order valence-electron chi connectivity index (χ3n) is 5.11. The summed E-state index contributed by atoms with van der Waals surface area (Å²) in [5.41, 5.74) is 2.11. The van der Waals surface area contributed by atoms with Gasteiger partial charge in [-0.25, -0.2) is 4.98 Å². The summed E-state index contributed by atoms with van der Waals surface area (Å²) in [6.45, 7) is 5.12. The Bertz CT molecular complexity index is 682. The molecule has 0 aromatic carbocycles. The van der Waals surface area contributed by atoms with E-state index < -0.39 is 0 Å². The molecule has 26 heavy (non-hydrogen) atoms. The number of thiazole rings is 1. The Hall–Kier alpha value is -1.79. The van der Waals surface area contributed by atoms with Gasteiger partial charge in [0.1, 0.15) is 0 Å². The first-order chi connectivity index (χ1) is 12.7. The molecule has 2 aromatic heterocycles. The molecule has 2 aromatic rings. The Morgan fingerprint density at radius 2 is 2.12 bits per heavy atom. The number of pyridine rings is 1. The largest absolute Gasteiger partial charge is 0.356 e. The zero-order chi connectivity index (χ0) is 18.2. The molecule has 1 saturated heterocycles. The molecule has 2 N–H and O–H groups in total. The van der Waals surface area contributed by atoms with E-state index in [0.29, 0.717) is 18.3 Å². The van der Waals surface area contributed by atoms with Gasteiger partial charge < -0.3 is 10.6 Å². The number of carbonyl (C=O) groups excluding carboxylic acids is 1. The van der Waals surface area contributed by atoms with Gasteiger partial charge in [0.05, 0.1) is 10.7 Å². The first-order valence-corrected chi connectivity index (χ1v) is 10.4. The van der Waals surface area contributed by atoms with Crippen LogP contribution in [0.25, 0.3) is 11.3 Å². The second kappa shape index (κ2) is 9.78. The summed E-state index contributed by atoms with van der Waals surface area (Å²) in [5, 5.41) is 9.67. The second-order valence-corrected chi connectivity index (χ2v) is 8.03. The summed E-state index contributed by atoms with van der Waals surface area (Å²) < 4.78 is 0. The number of hydrogen-bond donors (Lipinski definition) is 2. The van der Waals surface area contributed by atoms with Crippen molar-refractivity contribution in [2.45, 2.75) is 39.0 Å². The lowest BCUT2D eigenvalue weighted by molar-refractivity contribution is -0.122. The number of piperidine rings is 1. The van der Waals surface area contributed by atoms with E-state index in [-0.39, 0.29) is 5.91 Å². The molecule has 6 heteroatoms. The van der Waals surface area contributed by atoms with Gasteiger partial charge in [-0.1, -0.05) is 6.92 Å². The van der Waals surface area contributed by atoms with Crippen LogP contribution < -0.4 is 10.6 Å². The molecule has 0 bridgehead atoms. The topological polar surface area (TPSA) is 66.9 Å². The normalized spacial score (nSPS) is 16.3. The zero-order valence-corrected chi connectivity index (χ0v) is 16.2. The maximum absolute atomic E-state index is 12.2. The van der Waals surface area contributed by atoms with Crippen LogP contribution >= 0.6 is 11.3 Å². The quantitative estimate of drug-likeness (QED) is 0.698. The molecule has 0 radical (unpaired) electrons.